The van der Waals surface area contributed by atoms with E-state index < -0.39 is 0 Å². The van der Waals surface area contributed by atoms with Crippen LogP contribution < -0.4 is 10.6 Å². The van der Waals surface area contributed by atoms with Gasteiger partial charge in [0, 0.05) is 29.9 Å². The van der Waals surface area contributed by atoms with Crippen molar-refractivity contribution in [2.24, 2.45) is 5.92 Å². The first-order chi connectivity index (χ1) is 11.6. The predicted octanol–water partition coefficient (Wildman–Crippen LogP) is 3.33. The number of para-hydroxylation sites is 1. The Hall–Kier alpha value is -2.41. The Morgan fingerprint density at radius 3 is 2.75 bits per heavy atom. The molecule has 0 bridgehead atoms. The number of hydrogen-bond donors (Lipinski definition) is 2. The van der Waals surface area contributed by atoms with Crippen LogP contribution >= 0.6 is 11.3 Å². The molecule has 3 rings (SSSR count). The highest BCUT2D eigenvalue weighted by Crippen LogP contribution is 2.22. The number of nitrogens with zero attached hydrogens (tertiary/aromatic N) is 2. The summed E-state index contributed by atoms with van der Waals surface area (Å²) in [6.45, 7) is 3.04. The first kappa shape index (κ1) is 16.4. The lowest BCUT2D eigenvalue weighted by Gasteiger charge is -2.31. The average molecular weight is 344 g/mol. The molecule has 0 unspecified atom stereocenters. The van der Waals surface area contributed by atoms with Gasteiger partial charge in [-0.05, 0) is 31.9 Å². The molecule has 1 fully saturated rings. The van der Waals surface area contributed by atoms with Gasteiger partial charge >= 0.3 is 6.03 Å². The second kappa shape index (κ2) is 7.44. The lowest BCUT2D eigenvalue weighted by Crippen LogP contribution is -2.45. The van der Waals surface area contributed by atoms with E-state index in [0.717, 1.165) is 23.4 Å². The Morgan fingerprint density at radius 2 is 2.04 bits per heavy atom. The molecule has 1 atom stereocenters. The molecule has 0 saturated carbocycles. The number of aryl methyl sites for hydroxylation is 1. The Kier molecular flexibility index (Phi) is 5.10. The number of thiazole rings is 1. The number of benzene rings is 1. The summed E-state index contributed by atoms with van der Waals surface area (Å²) in [5.74, 6) is -0.272. The van der Waals surface area contributed by atoms with Crippen LogP contribution in [0.5, 0.6) is 0 Å². The van der Waals surface area contributed by atoms with E-state index >= 15 is 0 Å². The van der Waals surface area contributed by atoms with Crippen molar-refractivity contribution in [2.75, 3.05) is 23.7 Å². The Labute approximate surface area is 144 Å². The standard InChI is InChI=1S/C17H20N4O2S/c1-12-10-18-16(24-12)20-15(22)13-6-5-9-21(11-13)17(23)19-14-7-3-2-4-8-14/h2-4,7-8,10,13H,5-6,9,11H2,1H3,(H,19,23)(H,18,20,22)/t13-/m0/s1. The highest BCUT2D eigenvalue weighted by Gasteiger charge is 2.28. The molecule has 1 aliphatic heterocycles. The van der Waals surface area contributed by atoms with Gasteiger partial charge in [0.15, 0.2) is 5.13 Å². The Morgan fingerprint density at radius 1 is 1.25 bits per heavy atom. The molecule has 1 saturated heterocycles. The van der Waals surface area contributed by atoms with Crippen LogP contribution in [-0.4, -0.2) is 34.9 Å². The molecule has 0 aliphatic carbocycles. The van der Waals surface area contributed by atoms with Gasteiger partial charge in [0.1, 0.15) is 0 Å². The number of amides is 3. The molecule has 1 aliphatic rings. The van der Waals surface area contributed by atoms with Gasteiger partial charge in [-0.25, -0.2) is 9.78 Å². The molecule has 7 heteroatoms. The molecule has 2 aromatic rings. The minimum absolute atomic E-state index is 0.0680. The van der Waals surface area contributed by atoms with E-state index in [0.29, 0.717) is 18.2 Å². The number of piperidine rings is 1. The third kappa shape index (κ3) is 4.11. The third-order valence-corrected chi connectivity index (χ3v) is 4.78. The van der Waals surface area contributed by atoms with Gasteiger partial charge in [0.25, 0.3) is 0 Å². The molecule has 0 spiro atoms. The summed E-state index contributed by atoms with van der Waals surface area (Å²) in [7, 11) is 0. The molecule has 2 N–H and O–H groups in total. The van der Waals surface area contributed by atoms with E-state index in [1.165, 1.54) is 11.3 Å². The molecule has 2 heterocycles. The number of anilines is 2. The van der Waals surface area contributed by atoms with Crippen LogP contribution in [0.3, 0.4) is 0 Å². The summed E-state index contributed by atoms with van der Waals surface area (Å²) in [4.78, 5) is 31.7. The van der Waals surface area contributed by atoms with Gasteiger partial charge in [0.05, 0.1) is 5.92 Å². The van der Waals surface area contributed by atoms with Crippen LogP contribution in [0.25, 0.3) is 0 Å². The number of carbonyl (C=O) groups is 2. The monoisotopic (exact) mass is 344 g/mol. The quantitative estimate of drug-likeness (QED) is 0.897. The lowest BCUT2D eigenvalue weighted by atomic mass is 9.97. The van der Waals surface area contributed by atoms with Crippen molar-refractivity contribution in [3.63, 3.8) is 0 Å². The van der Waals surface area contributed by atoms with Crippen LogP contribution in [-0.2, 0) is 4.79 Å². The normalized spacial score (nSPS) is 17.4. The molecular formula is C17H20N4O2S. The summed E-state index contributed by atoms with van der Waals surface area (Å²) in [6, 6.07) is 9.17. The van der Waals surface area contributed by atoms with E-state index in [1.54, 1.807) is 11.1 Å². The molecular weight excluding hydrogens is 324 g/mol. The first-order valence-electron chi connectivity index (χ1n) is 7.96. The third-order valence-electron chi connectivity index (χ3n) is 3.96. The summed E-state index contributed by atoms with van der Waals surface area (Å²) in [5.41, 5.74) is 0.757. The van der Waals surface area contributed by atoms with Crippen molar-refractivity contribution in [3.05, 3.63) is 41.4 Å². The molecule has 126 valence electrons. The van der Waals surface area contributed by atoms with Crippen molar-refractivity contribution < 1.29 is 9.59 Å². The second-order valence-electron chi connectivity index (χ2n) is 5.85. The number of aromatic nitrogens is 1. The zero-order valence-corrected chi connectivity index (χ0v) is 14.3. The van der Waals surface area contributed by atoms with Gasteiger partial charge in [-0.1, -0.05) is 18.2 Å². The first-order valence-corrected chi connectivity index (χ1v) is 8.78. The zero-order valence-electron chi connectivity index (χ0n) is 13.5. The van der Waals surface area contributed by atoms with Crippen molar-refractivity contribution in [2.45, 2.75) is 19.8 Å². The minimum atomic E-state index is -0.204. The zero-order chi connectivity index (χ0) is 16.9. The fraction of sp³-hybridized carbons (Fsp3) is 0.353. The van der Waals surface area contributed by atoms with Gasteiger partial charge in [0.2, 0.25) is 5.91 Å². The van der Waals surface area contributed by atoms with Crippen LogP contribution in [0.2, 0.25) is 0 Å². The van der Waals surface area contributed by atoms with Crippen LogP contribution in [0.15, 0.2) is 36.5 Å². The van der Waals surface area contributed by atoms with E-state index in [1.807, 2.05) is 37.3 Å². The minimum Gasteiger partial charge on any atom is -0.324 e. The van der Waals surface area contributed by atoms with Crippen LogP contribution in [0, 0.1) is 12.8 Å². The highest BCUT2D eigenvalue weighted by molar-refractivity contribution is 7.15. The topological polar surface area (TPSA) is 74.3 Å². The van der Waals surface area contributed by atoms with E-state index in [2.05, 4.69) is 15.6 Å². The van der Waals surface area contributed by atoms with E-state index in [4.69, 9.17) is 0 Å². The lowest BCUT2D eigenvalue weighted by molar-refractivity contribution is -0.121. The Balaban J connectivity index is 1.57. The molecule has 3 amide bonds. The van der Waals surface area contributed by atoms with Gasteiger partial charge in [-0.3, -0.25) is 4.79 Å². The molecule has 24 heavy (non-hydrogen) atoms. The summed E-state index contributed by atoms with van der Waals surface area (Å²) >= 11 is 1.45. The van der Waals surface area contributed by atoms with Gasteiger partial charge in [-0.2, -0.15) is 0 Å². The summed E-state index contributed by atoms with van der Waals surface area (Å²) in [5, 5.41) is 6.34. The largest absolute Gasteiger partial charge is 0.324 e. The highest BCUT2D eigenvalue weighted by atomic mass is 32.1. The van der Waals surface area contributed by atoms with Gasteiger partial charge < -0.3 is 15.5 Å². The summed E-state index contributed by atoms with van der Waals surface area (Å²) < 4.78 is 0. The van der Waals surface area contributed by atoms with E-state index in [-0.39, 0.29) is 17.9 Å². The van der Waals surface area contributed by atoms with Gasteiger partial charge in [-0.15, -0.1) is 11.3 Å². The number of nitrogens with one attached hydrogen (secondary N) is 2. The molecule has 6 nitrogen and oxygen atoms in total. The van der Waals surface area contributed by atoms with Crippen molar-refractivity contribution >= 4 is 34.1 Å². The van der Waals surface area contributed by atoms with E-state index in [9.17, 15) is 9.59 Å². The fourth-order valence-corrected chi connectivity index (χ4v) is 3.39. The number of rotatable bonds is 3. The number of likely N-dealkylation sites (tertiary alicyclic amines) is 1. The Bertz CT molecular complexity index is 716. The maximum atomic E-state index is 12.4. The molecule has 1 aromatic carbocycles. The van der Waals surface area contributed by atoms with Crippen molar-refractivity contribution in [1.82, 2.24) is 9.88 Å². The number of carbonyl (C=O) groups excluding carboxylic acids is 2. The predicted molar refractivity (Wildman–Crippen MR) is 95.2 cm³/mol. The van der Waals surface area contributed by atoms with Crippen LogP contribution in [0.4, 0.5) is 15.6 Å². The summed E-state index contributed by atoms with van der Waals surface area (Å²) in [6.07, 6.45) is 3.34. The van der Waals surface area contributed by atoms with Crippen molar-refractivity contribution in [1.29, 1.82) is 0 Å². The average Bonchev–Trinajstić information content (AvgIpc) is 3.00. The maximum absolute atomic E-state index is 12.4. The SMILES string of the molecule is Cc1cnc(NC(=O)[C@H]2CCCN(C(=O)Nc3ccccc3)C2)s1. The van der Waals surface area contributed by atoms with Crippen molar-refractivity contribution in [3.8, 4) is 0 Å². The maximum Gasteiger partial charge on any atom is 0.321 e. The molecule has 1 aromatic heterocycles. The second-order valence-corrected chi connectivity index (χ2v) is 7.08. The smallest absolute Gasteiger partial charge is 0.321 e. The van der Waals surface area contributed by atoms with Crippen LogP contribution in [0.1, 0.15) is 17.7 Å². The number of urea groups is 1. The molecule has 0 radical (unpaired) electrons. The fourth-order valence-electron chi connectivity index (χ4n) is 2.72. The number of hydrogen-bond acceptors (Lipinski definition) is 4.